The highest BCUT2D eigenvalue weighted by Crippen LogP contribution is 2.41. The Balaban J connectivity index is 2.50. The maximum Gasteiger partial charge on any atom is 0.250 e. The molecule has 0 fully saturated rings. The summed E-state index contributed by atoms with van der Waals surface area (Å²) in [6.45, 7) is 13.1. The van der Waals surface area contributed by atoms with E-state index in [1.165, 1.54) is 0 Å². The highest BCUT2D eigenvalue weighted by atomic mass is 35.5. The second kappa shape index (κ2) is 4.56. The standard InChI is InChI=1S/C15H21ClO2Si/c1-10-11-8-7-9-12(13(11)17-14(10)16)18-19(5,6)15(2,3)4/h7-9H,1-6H3. The number of hydrogen-bond donors (Lipinski definition) is 0. The molecule has 4 heteroatoms. The fraction of sp³-hybridized carbons (Fsp3) is 0.467. The predicted octanol–water partition coefficient (Wildman–Crippen LogP) is 5.78. The van der Waals surface area contributed by atoms with Gasteiger partial charge in [0.1, 0.15) is 5.75 Å². The second-order valence-electron chi connectivity index (χ2n) is 6.50. The summed E-state index contributed by atoms with van der Waals surface area (Å²) in [4.78, 5) is 0. The maximum atomic E-state index is 6.33. The smallest absolute Gasteiger partial charge is 0.250 e. The summed E-state index contributed by atoms with van der Waals surface area (Å²) < 4.78 is 12.0. The number of fused-ring (bicyclic) bond motifs is 1. The van der Waals surface area contributed by atoms with E-state index in [4.69, 9.17) is 20.4 Å². The SMILES string of the molecule is Cc1c(Cl)oc2c(O[Si](C)(C)C(C)(C)C)cccc12. The van der Waals surface area contributed by atoms with E-state index in [2.05, 4.69) is 33.9 Å². The Morgan fingerprint density at radius 2 is 1.84 bits per heavy atom. The van der Waals surface area contributed by atoms with Gasteiger partial charge in [0, 0.05) is 10.9 Å². The van der Waals surface area contributed by atoms with Crippen LogP contribution in [-0.4, -0.2) is 8.32 Å². The first-order valence-corrected chi connectivity index (χ1v) is 9.79. The van der Waals surface area contributed by atoms with Gasteiger partial charge in [-0.3, -0.25) is 0 Å². The molecular formula is C15H21ClO2Si. The van der Waals surface area contributed by atoms with Crippen LogP contribution in [0.25, 0.3) is 11.0 Å². The zero-order chi connectivity index (χ0) is 14.4. The average molecular weight is 297 g/mol. The fourth-order valence-corrected chi connectivity index (χ4v) is 2.89. The Kier molecular flexibility index (Phi) is 3.48. The summed E-state index contributed by atoms with van der Waals surface area (Å²) in [5, 5.41) is 1.63. The monoisotopic (exact) mass is 296 g/mol. The lowest BCUT2D eigenvalue weighted by Gasteiger charge is -2.36. The van der Waals surface area contributed by atoms with Crippen molar-refractivity contribution in [3.05, 3.63) is 29.0 Å². The van der Waals surface area contributed by atoms with E-state index < -0.39 is 8.32 Å². The molecule has 104 valence electrons. The number of aryl methyl sites for hydroxylation is 1. The van der Waals surface area contributed by atoms with Crippen LogP contribution in [-0.2, 0) is 0 Å². The zero-order valence-electron chi connectivity index (χ0n) is 12.4. The van der Waals surface area contributed by atoms with E-state index in [-0.39, 0.29) is 5.04 Å². The van der Waals surface area contributed by atoms with Gasteiger partial charge in [-0.15, -0.1) is 0 Å². The van der Waals surface area contributed by atoms with E-state index in [1.807, 2.05) is 25.1 Å². The number of halogens is 1. The molecule has 0 aliphatic carbocycles. The summed E-state index contributed by atoms with van der Waals surface area (Å²) in [6, 6.07) is 5.96. The first-order valence-electron chi connectivity index (χ1n) is 6.50. The normalized spacial score (nSPS) is 13.0. The largest absolute Gasteiger partial charge is 0.541 e. The van der Waals surface area contributed by atoms with Crippen molar-refractivity contribution in [2.24, 2.45) is 0 Å². The summed E-state index contributed by atoms with van der Waals surface area (Å²) in [7, 11) is -1.87. The lowest BCUT2D eigenvalue weighted by Crippen LogP contribution is -2.43. The summed E-state index contributed by atoms with van der Waals surface area (Å²) >= 11 is 6.07. The van der Waals surface area contributed by atoms with E-state index in [9.17, 15) is 0 Å². The molecule has 19 heavy (non-hydrogen) atoms. The summed E-state index contributed by atoms with van der Waals surface area (Å²) in [5.41, 5.74) is 1.73. The molecule has 2 rings (SSSR count). The first-order chi connectivity index (χ1) is 8.63. The van der Waals surface area contributed by atoms with Crippen LogP contribution in [0.3, 0.4) is 0 Å². The highest BCUT2D eigenvalue weighted by Gasteiger charge is 2.39. The van der Waals surface area contributed by atoms with E-state index in [0.717, 1.165) is 22.3 Å². The highest BCUT2D eigenvalue weighted by molar-refractivity contribution is 6.74. The predicted molar refractivity (Wildman–Crippen MR) is 83.8 cm³/mol. The Bertz CT molecular complexity index is 608. The average Bonchev–Trinajstić information content (AvgIpc) is 2.55. The van der Waals surface area contributed by atoms with Gasteiger partial charge in [0.15, 0.2) is 10.8 Å². The molecule has 2 nitrogen and oxygen atoms in total. The van der Waals surface area contributed by atoms with Crippen LogP contribution < -0.4 is 4.43 Å². The van der Waals surface area contributed by atoms with Crippen molar-refractivity contribution in [3.63, 3.8) is 0 Å². The van der Waals surface area contributed by atoms with E-state index in [1.54, 1.807) is 0 Å². The van der Waals surface area contributed by atoms with Gasteiger partial charge in [-0.25, -0.2) is 0 Å². The summed E-state index contributed by atoms with van der Waals surface area (Å²) in [6.07, 6.45) is 0. The molecule has 0 N–H and O–H groups in total. The minimum Gasteiger partial charge on any atom is -0.541 e. The summed E-state index contributed by atoms with van der Waals surface area (Å²) in [5.74, 6) is 0.805. The molecule has 1 aromatic heterocycles. The third-order valence-corrected chi connectivity index (χ3v) is 8.74. The van der Waals surface area contributed by atoms with Crippen molar-refractivity contribution >= 4 is 30.9 Å². The molecule has 0 saturated heterocycles. The number of furan rings is 1. The van der Waals surface area contributed by atoms with Gasteiger partial charge in [0.2, 0.25) is 0 Å². The zero-order valence-corrected chi connectivity index (χ0v) is 14.2. The van der Waals surface area contributed by atoms with Gasteiger partial charge in [0.25, 0.3) is 8.32 Å². The molecule has 0 radical (unpaired) electrons. The van der Waals surface area contributed by atoms with Gasteiger partial charge >= 0.3 is 0 Å². The third kappa shape index (κ3) is 2.54. The van der Waals surface area contributed by atoms with Crippen LogP contribution in [0.4, 0.5) is 0 Å². The van der Waals surface area contributed by atoms with Gasteiger partial charge in [-0.2, -0.15) is 0 Å². The van der Waals surface area contributed by atoms with Crippen LogP contribution in [0.15, 0.2) is 22.6 Å². The van der Waals surface area contributed by atoms with Crippen LogP contribution in [0, 0.1) is 6.92 Å². The Hall–Kier alpha value is -0.933. The molecule has 1 heterocycles. The quantitative estimate of drug-likeness (QED) is 0.656. The molecule has 0 unspecified atom stereocenters. The maximum absolute atomic E-state index is 6.33. The van der Waals surface area contributed by atoms with Gasteiger partial charge in [-0.1, -0.05) is 32.9 Å². The topological polar surface area (TPSA) is 22.4 Å². The van der Waals surface area contributed by atoms with Crippen LogP contribution in [0.5, 0.6) is 5.75 Å². The van der Waals surface area contributed by atoms with Crippen LogP contribution in [0.1, 0.15) is 26.3 Å². The van der Waals surface area contributed by atoms with Crippen molar-refractivity contribution in [1.29, 1.82) is 0 Å². The third-order valence-electron chi connectivity index (χ3n) is 4.04. The lowest BCUT2D eigenvalue weighted by molar-refractivity contribution is 0.483. The Labute approximate surface area is 120 Å². The fourth-order valence-electron chi connectivity index (χ4n) is 1.70. The second-order valence-corrected chi connectivity index (χ2v) is 11.6. The Morgan fingerprint density at radius 1 is 1.21 bits per heavy atom. The molecule has 2 aromatic rings. The number of benzene rings is 1. The molecule has 0 atom stereocenters. The van der Waals surface area contributed by atoms with Crippen molar-refractivity contribution in [2.45, 2.75) is 45.8 Å². The number of para-hydroxylation sites is 1. The van der Waals surface area contributed by atoms with E-state index >= 15 is 0 Å². The van der Waals surface area contributed by atoms with Crippen molar-refractivity contribution < 1.29 is 8.84 Å². The van der Waals surface area contributed by atoms with Gasteiger partial charge in [0.05, 0.1) is 0 Å². The molecule has 1 aromatic carbocycles. The van der Waals surface area contributed by atoms with Crippen molar-refractivity contribution in [2.75, 3.05) is 0 Å². The minimum absolute atomic E-state index is 0.153. The molecule has 0 saturated carbocycles. The minimum atomic E-state index is -1.87. The van der Waals surface area contributed by atoms with E-state index in [0.29, 0.717) is 5.22 Å². The molecule has 0 aliphatic rings. The Morgan fingerprint density at radius 3 is 2.42 bits per heavy atom. The van der Waals surface area contributed by atoms with Crippen LogP contribution in [0.2, 0.25) is 23.4 Å². The van der Waals surface area contributed by atoms with Crippen molar-refractivity contribution in [3.8, 4) is 5.75 Å². The number of hydrogen-bond acceptors (Lipinski definition) is 2. The molecular weight excluding hydrogens is 276 g/mol. The first kappa shape index (κ1) is 14.5. The molecule has 0 bridgehead atoms. The van der Waals surface area contributed by atoms with Crippen molar-refractivity contribution in [1.82, 2.24) is 0 Å². The number of rotatable bonds is 2. The molecule has 0 amide bonds. The van der Waals surface area contributed by atoms with Gasteiger partial charge in [-0.05, 0) is 42.7 Å². The lowest BCUT2D eigenvalue weighted by atomic mass is 10.2. The van der Waals surface area contributed by atoms with Gasteiger partial charge < -0.3 is 8.84 Å². The molecule has 0 aliphatic heterocycles. The molecule has 0 spiro atoms. The van der Waals surface area contributed by atoms with Crippen LogP contribution >= 0.6 is 11.6 Å².